The largest absolute Gasteiger partial charge is 0.462 e. The number of pyridine rings is 1. The highest BCUT2D eigenvalue weighted by atomic mass is 16.5. The highest BCUT2D eigenvalue weighted by molar-refractivity contribution is 5.89. The Kier molecular flexibility index (Phi) is 4.60. The summed E-state index contributed by atoms with van der Waals surface area (Å²) in [5.41, 5.74) is -0.153. The molecule has 1 aliphatic carbocycles. The zero-order chi connectivity index (χ0) is 14.6. The fourth-order valence-electron chi connectivity index (χ4n) is 2.66. The molecule has 1 aromatic rings. The lowest BCUT2D eigenvalue weighted by molar-refractivity contribution is 0.0523. The molecule has 0 bridgehead atoms. The van der Waals surface area contributed by atoms with E-state index in [0.29, 0.717) is 18.7 Å². The van der Waals surface area contributed by atoms with Crippen LogP contribution in [-0.2, 0) is 4.74 Å². The molecule has 1 heterocycles. The van der Waals surface area contributed by atoms with Crippen LogP contribution >= 0.6 is 0 Å². The van der Waals surface area contributed by atoms with E-state index < -0.39 is 5.60 Å². The van der Waals surface area contributed by atoms with Gasteiger partial charge >= 0.3 is 5.97 Å². The first-order chi connectivity index (χ1) is 9.54. The second-order valence-electron chi connectivity index (χ2n) is 5.41. The lowest BCUT2D eigenvalue weighted by Crippen LogP contribution is -2.39. The highest BCUT2D eigenvalue weighted by Gasteiger charge is 2.32. The van der Waals surface area contributed by atoms with Gasteiger partial charge in [0.1, 0.15) is 5.82 Å². The molecule has 0 atom stereocenters. The first-order valence-electron chi connectivity index (χ1n) is 7.11. The van der Waals surface area contributed by atoms with Gasteiger partial charge in [0.25, 0.3) is 0 Å². The SMILES string of the molecule is CCOC(=O)c1ccc(N(C)CC2(O)CCCC2)nc1. The zero-order valence-electron chi connectivity index (χ0n) is 12.1. The maximum Gasteiger partial charge on any atom is 0.339 e. The van der Waals surface area contributed by atoms with Gasteiger partial charge in [0.2, 0.25) is 0 Å². The second kappa shape index (κ2) is 6.22. The molecular weight excluding hydrogens is 256 g/mol. The van der Waals surface area contributed by atoms with E-state index in [1.165, 1.54) is 6.20 Å². The number of hydrogen-bond acceptors (Lipinski definition) is 5. The Labute approximate surface area is 119 Å². The fourth-order valence-corrected chi connectivity index (χ4v) is 2.66. The molecule has 0 saturated heterocycles. The highest BCUT2D eigenvalue weighted by Crippen LogP contribution is 2.30. The summed E-state index contributed by atoms with van der Waals surface area (Å²) in [4.78, 5) is 17.7. The molecular formula is C15H22N2O3. The molecule has 20 heavy (non-hydrogen) atoms. The van der Waals surface area contributed by atoms with Crippen molar-refractivity contribution in [2.45, 2.75) is 38.2 Å². The van der Waals surface area contributed by atoms with Gasteiger partial charge in [-0.05, 0) is 31.9 Å². The van der Waals surface area contributed by atoms with Gasteiger partial charge in [-0.3, -0.25) is 0 Å². The number of nitrogens with zero attached hydrogens (tertiary/aromatic N) is 2. The van der Waals surface area contributed by atoms with Crippen LogP contribution in [0.5, 0.6) is 0 Å². The van der Waals surface area contributed by atoms with Crippen LogP contribution in [0, 0.1) is 0 Å². The Morgan fingerprint density at radius 2 is 2.15 bits per heavy atom. The van der Waals surface area contributed by atoms with E-state index in [1.807, 2.05) is 11.9 Å². The van der Waals surface area contributed by atoms with Crippen LogP contribution in [0.4, 0.5) is 5.82 Å². The molecule has 1 aliphatic rings. The zero-order valence-corrected chi connectivity index (χ0v) is 12.1. The summed E-state index contributed by atoms with van der Waals surface area (Å²) in [7, 11) is 1.91. The predicted molar refractivity (Wildman–Crippen MR) is 76.9 cm³/mol. The summed E-state index contributed by atoms with van der Waals surface area (Å²) in [6.07, 6.45) is 5.37. The van der Waals surface area contributed by atoms with E-state index in [-0.39, 0.29) is 5.97 Å². The number of hydrogen-bond donors (Lipinski definition) is 1. The molecule has 0 aromatic carbocycles. The number of carbonyl (C=O) groups is 1. The first-order valence-corrected chi connectivity index (χ1v) is 7.11. The Morgan fingerprint density at radius 1 is 1.45 bits per heavy atom. The Hall–Kier alpha value is -1.62. The standard InChI is InChI=1S/C15H22N2O3/c1-3-20-14(18)12-6-7-13(16-10-12)17(2)11-15(19)8-4-5-9-15/h6-7,10,19H,3-5,8-9,11H2,1-2H3. The number of carbonyl (C=O) groups excluding carboxylic acids is 1. The number of rotatable bonds is 5. The van der Waals surface area contributed by atoms with Gasteiger partial charge in [0.15, 0.2) is 0 Å². The van der Waals surface area contributed by atoms with Crippen LogP contribution in [0.1, 0.15) is 43.0 Å². The van der Waals surface area contributed by atoms with Crippen molar-refractivity contribution >= 4 is 11.8 Å². The topological polar surface area (TPSA) is 62.7 Å². The molecule has 0 spiro atoms. The molecule has 5 nitrogen and oxygen atoms in total. The van der Waals surface area contributed by atoms with Gasteiger partial charge in [0, 0.05) is 19.8 Å². The molecule has 110 valence electrons. The molecule has 0 amide bonds. The van der Waals surface area contributed by atoms with Crippen molar-refractivity contribution in [3.8, 4) is 0 Å². The van der Waals surface area contributed by atoms with Crippen molar-refractivity contribution in [1.82, 2.24) is 4.98 Å². The van der Waals surface area contributed by atoms with Crippen molar-refractivity contribution in [3.63, 3.8) is 0 Å². The molecule has 1 saturated carbocycles. The van der Waals surface area contributed by atoms with E-state index in [0.717, 1.165) is 31.5 Å². The van der Waals surface area contributed by atoms with Crippen LogP contribution in [-0.4, -0.2) is 41.9 Å². The van der Waals surface area contributed by atoms with Crippen LogP contribution in [0.15, 0.2) is 18.3 Å². The summed E-state index contributed by atoms with van der Waals surface area (Å²) in [5.74, 6) is 0.391. The predicted octanol–water partition coefficient (Wildman–Crippen LogP) is 2.00. The minimum atomic E-state index is -0.601. The minimum Gasteiger partial charge on any atom is -0.462 e. The van der Waals surface area contributed by atoms with Gasteiger partial charge in [-0.2, -0.15) is 0 Å². The number of ether oxygens (including phenoxy) is 1. The quantitative estimate of drug-likeness (QED) is 0.835. The molecule has 0 aliphatic heterocycles. The maximum atomic E-state index is 11.5. The first kappa shape index (κ1) is 14.8. The summed E-state index contributed by atoms with van der Waals surface area (Å²) in [6, 6.07) is 3.49. The summed E-state index contributed by atoms with van der Waals surface area (Å²) < 4.78 is 4.92. The van der Waals surface area contributed by atoms with Crippen molar-refractivity contribution in [2.24, 2.45) is 0 Å². The van der Waals surface area contributed by atoms with E-state index >= 15 is 0 Å². The van der Waals surface area contributed by atoms with Crippen molar-refractivity contribution in [2.75, 3.05) is 25.1 Å². The monoisotopic (exact) mass is 278 g/mol. The number of aliphatic hydroxyl groups is 1. The van der Waals surface area contributed by atoms with Gasteiger partial charge in [0.05, 0.1) is 17.8 Å². The van der Waals surface area contributed by atoms with E-state index in [9.17, 15) is 9.90 Å². The van der Waals surface area contributed by atoms with Gasteiger partial charge in [-0.15, -0.1) is 0 Å². The third-order valence-corrected chi connectivity index (χ3v) is 3.72. The van der Waals surface area contributed by atoms with Crippen LogP contribution in [0.3, 0.4) is 0 Å². The van der Waals surface area contributed by atoms with E-state index in [2.05, 4.69) is 4.98 Å². The number of likely N-dealkylation sites (N-methyl/N-ethyl adjacent to an activating group) is 1. The Morgan fingerprint density at radius 3 is 2.70 bits per heavy atom. The van der Waals surface area contributed by atoms with Crippen LogP contribution in [0.2, 0.25) is 0 Å². The number of esters is 1. The molecule has 1 N–H and O–H groups in total. The normalized spacial score (nSPS) is 16.9. The molecule has 1 fully saturated rings. The lowest BCUT2D eigenvalue weighted by atomic mass is 10.0. The van der Waals surface area contributed by atoms with Gasteiger partial charge < -0.3 is 14.7 Å². The Bertz CT molecular complexity index is 453. The third kappa shape index (κ3) is 3.48. The molecule has 2 rings (SSSR count). The molecule has 0 unspecified atom stereocenters. The average Bonchev–Trinajstić information content (AvgIpc) is 2.85. The van der Waals surface area contributed by atoms with E-state index in [4.69, 9.17) is 4.74 Å². The summed E-state index contributed by atoms with van der Waals surface area (Å²) in [5, 5.41) is 10.4. The molecule has 5 heteroatoms. The van der Waals surface area contributed by atoms with Gasteiger partial charge in [-0.1, -0.05) is 12.8 Å². The second-order valence-corrected chi connectivity index (χ2v) is 5.41. The summed E-state index contributed by atoms with van der Waals surface area (Å²) in [6.45, 7) is 2.70. The number of aromatic nitrogens is 1. The number of anilines is 1. The summed E-state index contributed by atoms with van der Waals surface area (Å²) >= 11 is 0. The minimum absolute atomic E-state index is 0.355. The van der Waals surface area contributed by atoms with Crippen molar-refractivity contribution < 1.29 is 14.6 Å². The van der Waals surface area contributed by atoms with Crippen molar-refractivity contribution in [3.05, 3.63) is 23.9 Å². The third-order valence-electron chi connectivity index (χ3n) is 3.72. The fraction of sp³-hybridized carbons (Fsp3) is 0.600. The molecule has 1 aromatic heterocycles. The van der Waals surface area contributed by atoms with Crippen LogP contribution < -0.4 is 4.90 Å². The Balaban J connectivity index is 2.00. The van der Waals surface area contributed by atoms with Gasteiger partial charge in [-0.25, -0.2) is 9.78 Å². The van der Waals surface area contributed by atoms with E-state index in [1.54, 1.807) is 19.1 Å². The van der Waals surface area contributed by atoms with Crippen LogP contribution in [0.25, 0.3) is 0 Å². The van der Waals surface area contributed by atoms with Crippen molar-refractivity contribution in [1.29, 1.82) is 0 Å². The smallest absolute Gasteiger partial charge is 0.339 e. The average molecular weight is 278 g/mol. The lowest BCUT2D eigenvalue weighted by Gasteiger charge is -2.29. The maximum absolute atomic E-state index is 11.5. The molecule has 0 radical (unpaired) electrons.